The maximum absolute atomic E-state index is 14.0. The van der Waals surface area contributed by atoms with Crippen molar-refractivity contribution in [3.05, 3.63) is 93.2 Å². The highest BCUT2D eigenvalue weighted by Crippen LogP contribution is 2.29. The van der Waals surface area contributed by atoms with Crippen LogP contribution in [0.2, 0.25) is 15.1 Å². The number of rotatable bonds is 12. The third-order valence-corrected chi connectivity index (χ3v) is 8.82. The van der Waals surface area contributed by atoms with Crippen LogP contribution in [0.1, 0.15) is 32.3 Å². The summed E-state index contributed by atoms with van der Waals surface area (Å²) in [5.41, 5.74) is 0.489. The highest BCUT2D eigenvalue weighted by Gasteiger charge is 2.33. The van der Waals surface area contributed by atoms with Crippen LogP contribution in [0, 0.1) is 5.82 Å². The molecule has 0 unspecified atom stereocenters. The number of hydrogen-bond acceptors (Lipinski definition) is 4. The van der Waals surface area contributed by atoms with Gasteiger partial charge in [-0.15, -0.1) is 0 Å². The van der Waals surface area contributed by atoms with Crippen LogP contribution in [-0.4, -0.2) is 44.3 Å². The first-order valence-electron chi connectivity index (χ1n) is 12.5. The van der Waals surface area contributed by atoms with Gasteiger partial charge in [-0.25, -0.2) is 12.8 Å². The van der Waals surface area contributed by atoms with Gasteiger partial charge in [0.1, 0.15) is 18.4 Å². The predicted molar refractivity (Wildman–Crippen MR) is 157 cm³/mol. The first-order chi connectivity index (χ1) is 18.9. The van der Waals surface area contributed by atoms with Gasteiger partial charge >= 0.3 is 0 Å². The largest absolute Gasteiger partial charge is 0.354 e. The maximum Gasteiger partial charge on any atom is 0.264 e. The topological polar surface area (TPSA) is 86.8 Å². The Morgan fingerprint density at radius 1 is 0.975 bits per heavy atom. The summed E-state index contributed by atoms with van der Waals surface area (Å²) in [5.74, 6) is -1.84. The monoisotopic (exact) mass is 627 g/mol. The molecule has 3 aromatic rings. The van der Waals surface area contributed by atoms with E-state index in [1.807, 2.05) is 6.92 Å². The van der Waals surface area contributed by atoms with E-state index in [4.69, 9.17) is 34.8 Å². The van der Waals surface area contributed by atoms with Crippen LogP contribution in [0.3, 0.4) is 0 Å². The molecular weight excluding hydrogens is 600 g/mol. The van der Waals surface area contributed by atoms with Gasteiger partial charge in [0, 0.05) is 23.1 Å². The van der Waals surface area contributed by atoms with Crippen molar-refractivity contribution in [2.75, 3.05) is 17.4 Å². The molecule has 1 atom stereocenters. The highest BCUT2D eigenvalue weighted by atomic mass is 35.5. The first-order valence-corrected chi connectivity index (χ1v) is 15.1. The summed E-state index contributed by atoms with van der Waals surface area (Å²) in [7, 11) is -4.30. The van der Waals surface area contributed by atoms with Crippen LogP contribution in [0.5, 0.6) is 0 Å². The molecule has 0 aromatic heterocycles. The quantitative estimate of drug-likeness (QED) is 0.238. The van der Waals surface area contributed by atoms with Gasteiger partial charge in [-0.2, -0.15) is 0 Å². The summed E-state index contributed by atoms with van der Waals surface area (Å²) in [6.07, 6.45) is 1.62. The van der Waals surface area contributed by atoms with Crippen LogP contribution in [0.15, 0.2) is 71.6 Å². The molecule has 0 fully saturated rings. The Morgan fingerprint density at radius 2 is 1.68 bits per heavy atom. The zero-order chi connectivity index (χ0) is 29.4. The number of amides is 2. The van der Waals surface area contributed by atoms with Crippen molar-refractivity contribution in [2.45, 2.75) is 44.2 Å². The van der Waals surface area contributed by atoms with Gasteiger partial charge in [0.25, 0.3) is 10.0 Å². The number of carbonyl (C=O) groups excluding carboxylic acids is 2. The fourth-order valence-electron chi connectivity index (χ4n) is 3.84. The lowest BCUT2D eigenvalue weighted by molar-refractivity contribution is -0.139. The second kappa shape index (κ2) is 14.2. The minimum atomic E-state index is -4.30. The molecule has 2 amide bonds. The van der Waals surface area contributed by atoms with Gasteiger partial charge in [0.15, 0.2) is 0 Å². The number of halogens is 4. The van der Waals surface area contributed by atoms with E-state index in [1.165, 1.54) is 29.2 Å². The molecule has 7 nitrogen and oxygen atoms in total. The molecule has 214 valence electrons. The SMILES string of the molecule is CCCCNC(=O)[C@@H](C)N(Cc1ccc(Cl)cc1Cl)C(=O)CN(c1ccc(F)c(Cl)c1)S(=O)(=O)c1ccccc1. The number of anilines is 1. The molecule has 3 aromatic carbocycles. The summed E-state index contributed by atoms with van der Waals surface area (Å²) in [6.45, 7) is 3.16. The fourth-order valence-corrected chi connectivity index (χ4v) is 5.91. The molecule has 0 aliphatic carbocycles. The van der Waals surface area contributed by atoms with Crippen LogP contribution < -0.4 is 9.62 Å². The van der Waals surface area contributed by atoms with Gasteiger partial charge < -0.3 is 10.2 Å². The highest BCUT2D eigenvalue weighted by molar-refractivity contribution is 7.92. The molecule has 0 aliphatic rings. The van der Waals surface area contributed by atoms with Gasteiger partial charge in [0.05, 0.1) is 15.6 Å². The molecule has 0 saturated heterocycles. The number of unbranched alkanes of at least 4 members (excludes halogenated alkanes) is 1. The van der Waals surface area contributed by atoms with E-state index >= 15 is 0 Å². The summed E-state index contributed by atoms with van der Waals surface area (Å²) >= 11 is 18.4. The number of hydrogen-bond donors (Lipinski definition) is 1. The van der Waals surface area contributed by atoms with Crippen LogP contribution in [-0.2, 0) is 26.2 Å². The number of carbonyl (C=O) groups is 2. The lowest BCUT2D eigenvalue weighted by Crippen LogP contribution is -2.51. The smallest absolute Gasteiger partial charge is 0.264 e. The Morgan fingerprint density at radius 3 is 2.30 bits per heavy atom. The van der Waals surface area contributed by atoms with Crippen molar-refractivity contribution in [3.8, 4) is 0 Å². The Balaban J connectivity index is 2.03. The fraction of sp³-hybridized carbons (Fsp3) is 0.286. The Hall–Kier alpha value is -2.85. The first kappa shape index (κ1) is 31.7. The maximum atomic E-state index is 14.0. The van der Waals surface area contributed by atoms with Crippen molar-refractivity contribution in [1.29, 1.82) is 0 Å². The summed E-state index contributed by atoms with van der Waals surface area (Å²) in [4.78, 5) is 28.0. The summed E-state index contributed by atoms with van der Waals surface area (Å²) < 4.78 is 42.2. The number of benzene rings is 3. The van der Waals surface area contributed by atoms with Crippen LogP contribution >= 0.6 is 34.8 Å². The molecule has 40 heavy (non-hydrogen) atoms. The van der Waals surface area contributed by atoms with Crippen molar-refractivity contribution in [3.63, 3.8) is 0 Å². The number of sulfonamides is 1. The van der Waals surface area contributed by atoms with E-state index in [0.29, 0.717) is 17.1 Å². The number of nitrogens with zero attached hydrogens (tertiary/aromatic N) is 2. The Labute approximate surface area is 248 Å². The lowest BCUT2D eigenvalue weighted by Gasteiger charge is -2.32. The van der Waals surface area contributed by atoms with Gasteiger partial charge in [-0.3, -0.25) is 13.9 Å². The zero-order valence-electron chi connectivity index (χ0n) is 21.9. The molecule has 0 heterocycles. The third kappa shape index (κ3) is 7.87. The predicted octanol–water partition coefficient (Wildman–Crippen LogP) is 6.31. The lowest BCUT2D eigenvalue weighted by atomic mass is 10.1. The molecule has 0 spiro atoms. The standard InChI is InChI=1S/C28H29Cl3FN3O4S/c1-3-4-14-33-28(37)19(2)34(17-20-10-11-21(29)15-24(20)30)27(36)18-35(22-12-13-26(32)25(31)16-22)40(38,39)23-8-6-5-7-9-23/h5-13,15-16,19H,3-4,14,17-18H2,1-2H3,(H,33,37)/t19-/m1/s1. The van der Waals surface area contributed by atoms with E-state index < -0.39 is 40.2 Å². The van der Waals surface area contributed by atoms with E-state index in [-0.39, 0.29) is 27.2 Å². The number of nitrogens with one attached hydrogen (secondary N) is 1. The van der Waals surface area contributed by atoms with Crippen molar-refractivity contribution >= 4 is 62.3 Å². The van der Waals surface area contributed by atoms with E-state index in [9.17, 15) is 22.4 Å². The Bertz CT molecular complexity index is 1460. The Kier molecular flexibility index (Phi) is 11.2. The van der Waals surface area contributed by atoms with Crippen LogP contribution in [0.4, 0.5) is 10.1 Å². The molecule has 12 heteroatoms. The normalized spacial score (nSPS) is 12.1. The summed E-state index contributed by atoms with van der Waals surface area (Å²) in [5, 5.41) is 3.17. The van der Waals surface area contributed by atoms with Crippen molar-refractivity contribution in [1.82, 2.24) is 10.2 Å². The van der Waals surface area contributed by atoms with Crippen molar-refractivity contribution in [2.24, 2.45) is 0 Å². The summed E-state index contributed by atoms with van der Waals surface area (Å²) in [6, 6.07) is 14.6. The molecule has 0 radical (unpaired) electrons. The average molecular weight is 629 g/mol. The second-order valence-corrected chi connectivity index (χ2v) is 12.1. The average Bonchev–Trinajstić information content (AvgIpc) is 2.93. The van der Waals surface area contributed by atoms with E-state index in [1.54, 1.807) is 37.3 Å². The van der Waals surface area contributed by atoms with Crippen LogP contribution in [0.25, 0.3) is 0 Å². The zero-order valence-corrected chi connectivity index (χ0v) is 25.0. The van der Waals surface area contributed by atoms with E-state index in [2.05, 4.69) is 5.32 Å². The van der Waals surface area contributed by atoms with E-state index in [0.717, 1.165) is 29.3 Å². The molecule has 1 N–H and O–H groups in total. The molecular formula is C28H29Cl3FN3O4S. The van der Waals surface area contributed by atoms with Crippen molar-refractivity contribution < 1.29 is 22.4 Å². The van der Waals surface area contributed by atoms with Gasteiger partial charge in [0.2, 0.25) is 11.8 Å². The molecule has 0 saturated carbocycles. The molecule has 3 rings (SSSR count). The second-order valence-electron chi connectivity index (χ2n) is 9.00. The third-order valence-electron chi connectivity index (χ3n) is 6.15. The minimum Gasteiger partial charge on any atom is -0.354 e. The molecule has 0 bridgehead atoms. The van der Waals surface area contributed by atoms with Gasteiger partial charge in [-0.1, -0.05) is 72.4 Å². The molecule has 0 aliphatic heterocycles. The van der Waals surface area contributed by atoms with Gasteiger partial charge in [-0.05, 0) is 61.4 Å². The minimum absolute atomic E-state index is 0.0203.